The normalized spacial score (nSPS) is 16.1. The number of rotatable bonds is 9. The molecule has 2 aromatic carbocycles. The molecule has 4 rings (SSSR count). The standard InChI is InChI=1S/C26H27NO7/c1-15(2)33-18-9-5-7-16(13-18)22-21(24(29)26(30)27(22)11-12-31-3)23(28)20-14-17-8-6-10-19(32-4)25(17)34-20/h5-10,13-15,22,29H,11-12H2,1-4H3. The Hall–Kier alpha value is -3.78. The van der Waals surface area contributed by atoms with E-state index in [1.54, 1.807) is 48.5 Å². The van der Waals surface area contributed by atoms with Gasteiger partial charge in [0.25, 0.3) is 5.91 Å². The van der Waals surface area contributed by atoms with Crippen molar-refractivity contribution in [1.29, 1.82) is 0 Å². The molecule has 0 saturated heterocycles. The van der Waals surface area contributed by atoms with Crippen LogP contribution in [-0.2, 0) is 9.53 Å². The van der Waals surface area contributed by atoms with Gasteiger partial charge in [-0.3, -0.25) is 9.59 Å². The minimum absolute atomic E-state index is 0.00188. The third kappa shape index (κ3) is 4.24. The molecule has 1 N–H and O–H groups in total. The number of methoxy groups -OCH3 is 2. The zero-order valence-corrected chi connectivity index (χ0v) is 19.5. The van der Waals surface area contributed by atoms with Crippen molar-refractivity contribution in [3.05, 3.63) is 71.2 Å². The maximum atomic E-state index is 13.6. The highest BCUT2D eigenvalue weighted by Crippen LogP contribution is 2.41. The lowest BCUT2D eigenvalue weighted by Crippen LogP contribution is -2.34. The Morgan fingerprint density at radius 2 is 1.91 bits per heavy atom. The van der Waals surface area contributed by atoms with E-state index in [4.69, 9.17) is 18.6 Å². The zero-order valence-electron chi connectivity index (χ0n) is 19.5. The molecule has 0 bridgehead atoms. The van der Waals surface area contributed by atoms with Crippen LogP contribution in [0.2, 0.25) is 0 Å². The van der Waals surface area contributed by atoms with Gasteiger partial charge in [-0.25, -0.2) is 0 Å². The molecule has 1 unspecified atom stereocenters. The molecule has 0 radical (unpaired) electrons. The first-order valence-corrected chi connectivity index (χ1v) is 11.0. The Labute approximate surface area is 197 Å². The topological polar surface area (TPSA) is 98.4 Å². The highest BCUT2D eigenvalue weighted by molar-refractivity contribution is 6.16. The van der Waals surface area contributed by atoms with E-state index in [1.165, 1.54) is 19.1 Å². The number of Topliss-reactive ketones (excluding diaryl/α,β-unsaturated/α-hetero) is 1. The van der Waals surface area contributed by atoms with Crippen LogP contribution in [0.1, 0.15) is 36.0 Å². The van der Waals surface area contributed by atoms with Gasteiger partial charge in [0.2, 0.25) is 5.78 Å². The van der Waals surface area contributed by atoms with Crippen LogP contribution < -0.4 is 9.47 Å². The van der Waals surface area contributed by atoms with Crippen molar-refractivity contribution in [2.75, 3.05) is 27.4 Å². The van der Waals surface area contributed by atoms with Gasteiger partial charge in [0, 0.05) is 19.0 Å². The summed E-state index contributed by atoms with van der Waals surface area (Å²) in [7, 11) is 3.03. The van der Waals surface area contributed by atoms with E-state index in [-0.39, 0.29) is 30.6 Å². The molecule has 1 atom stereocenters. The summed E-state index contributed by atoms with van der Waals surface area (Å²) in [6.45, 7) is 4.24. The van der Waals surface area contributed by atoms with Crippen LogP contribution in [-0.4, -0.2) is 55.2 Å². The molecule has 8 heteroatoms. The number of ketones is 1. The molecule has 0 saturated carbocycles. The number of nitrogens with zero attached hydrogens (tertiary/aromatic N) is 1. The second-order valence-corrected chi connectivity index (χ2v) is 8.21. The Bertz CT molecular complexity index is 1260. The van der Waals surface area contributed by atoms with Crippen molar-refractivity contribution in [3.63, 3.8) is 0 Å². The summed E-state index contributed by atoms with van der Waals surface area (Å²) in [6, 6.07) is 13.2. The summed E-state index contributed by atoms with van der Waals surface area (Å²) in [4.78, 5) is 28.1. The van der Waals surface area contributed by atoms with Gasteiger partial charge in [-0.15, -0.1) is 0 Å². The third-order valence-electron chi connectivity index (χ3n) is 5.58. The fourth-order valence-corrected chi connectivity index (χ4v) is 4.12. The molecule has 8 nitrogen and oxygen atoms in total. The number of amides is 1. The first-order chi connectivity index (χ1) is 16.3. The highest BCUT2D eigenvalue weighted by Gasteiger charge is 2.44. The van der Waals surface area contributed by atoms with Gasteiger partial charge in [0.05, 0.1) is 31.4 Å². The van der Waals surface area contributed by atoms with E-state index in [2.05, 4.69) is 0 Å². The third-order valence-corrected chi connectivity index (χ3v) is 5.58. The fraction of sp³-hybridized carbons (Fsp3) is 0.308. The van der Waals surface area contributed by atoms with Crippen molar-refractivity contribution in [2.24, 2.45) is 0 Å². The van der Waals surface area contributed by atoms with Crippen molar-refractivity contribution >= 4 is 22.7 Å². The quantitative estimate of drug-likeness (QED) is 0.466. The summed E-state index contributed by atoms with van der Waals surface area (Å²) >= 11 is 0. The molecule has 0 spiro atoms. The minimum atomic E-state index is -0.832. The maximum absolute atomic E-state index is 13.6. The van der Waals surface area contributed by atoms with Crippen LogP contribution in [0, 0.1) is 0 Å². The zero-order chi connectivity index (χ0) is 24.4. The van der Waals surface area contributed by atoms with Gasteiger partial charge < -0.3 is 28.6 Å². The number of hydrogen-bond donors (Lipinski definition) is 1. The number of ether oxygens (including phenoxy) is 3. The minimum Gasteiger partial charge on any atom is -0.503 e. The van der Waals surface area contributed by atoms with E-state index in [0.29, 0.717) is 28.0 Å². The number of furan rings is 1. The van der Waals surface area contributed by atoms with Gasteiger partial charge in [-0.2, -0.15) is 0 Å². The second-order valence-electron chi connectivity index (χ2n) is 8.21. The van der Waals surface area contributed by atoms with Gasteiger partial charge in [-0.1, -0.05) is 24.3 Å². The number of carbonyl (C=O) groups is 2. The lowest BCUT2D eigenvalue weighted by molar-refractivity contribution is -0.130. The number of carbonyl (C=O) groups excluding carboxylic acids is 2. The summed E-state index contributed by atoms with van der Waals surface area (Å²) in [5.41, 5.74) is 0.988. The van der Waals surface area contributed by atoms with Gasteiger partial charge in [-0.05, 0) is 43.7 Å². The first kappa shape index (κ1) is 23.4. The highest BCUT2D eigenvalue weighted by atomic mass is 16.5. The molecule has 0 aliphatic carbocycles. The molecule has 2 heterocycles. The number of aliphatic hydroxyl groups excluding tert-OH is 1. The van der Waals surface area contributed by atoms with E-state index < -0.39 is 23.5 Å². The fourth-order valence-electron chi connectivity index (χ4n) is 4.12. The molecule has 34 heavy (non-hydrogen) atoms. The van der Waals surface area contributed by atoms with Crippen LogP contribution in [0.3, 0.4) is 0 Å². The molecule has 1 aromatic heterocycles. The van der Waals surface area contributed by atoms with Crippen LogP contribution in [0.5, 0.6) is 11.5 Å². The molecule has 178 valence electrons. The average molecular weight is 466 g/mol. The molecular weight excluding hydrogens is 438 g/mol. The number of para-hydroxylation sites is 1. The first-order valence-electron chi connectivity index (χ1n) is 11.0. The summed E-state index contributed by atoms with van der Waals surface area (Å²) in [5.74, 6) is -0.749. The number of hydrogen-bond acceptors (Lipinski definition) is 7. The largest absolute Gasteiger partial charge is 0.503 e. The maximum Gasteiger partial charge on any atom is 0.290 e. The Morgan fingerprint density at radius 3 is 2.62 bits per heavy atom. The second kappa shape index (κ2) is 9.61. The molecule has 1 aliphatic heterocycles. The van der Waals surface area contributed by atoms with Crippen LogP contribution in [0.4, 0.5) is 0 Å². The molecule has 1 amide bonds. The predicted molar refractivity (Wildman–Crippen MR) is 125 cm³/mol. The SMILES string of the molecule is COCCN1C(=O)C(O)=C(C(=O)c2cc3cccc(OC)c3o2)C1c1cccc(OC(C)C)c1. The Balaban J connectivity index is 1.80. The van der Waals surface area contributed by atoms with E-state index in [1.807, 2.05) is 13.8 Å². The van der Waals surface area contributed by atoms with Gasteiger partial charge in [0.15, 0.2) is 22.9 Å². The van der Waals surface area contributed by atoms with Gasteiger partial charge in [0.1, 0.15) is 5.75 Å². The molecule has 3 aromatic rings. The van der Waals surface area contributed by atoms with Crippen LogP contribution in [0.25, 0.3) is 11.0 Å². The molecule has 0 fully saturated rings. The molecule has 1 aliphatic rings. The summed E-state index contributed by atoms with van der Waals surface area (Å²) < 4.78 is 22.1. The Kier molecular flexibility index (Phi) is 6.61. The summed E-state index contributed by atoms with van der Waals surface area (Å²) in [5, 5.41) is 11.5. The van der Waals surface area contributed by atoms with Crippen molar-refractivity contribution < 1.29 is 33.3 Å². The number of aliphatic hydroxyl groups is 1. The Morgan fingerprint density at radius 1 is 1.15 bits per heavy atom. The number of fused-ring (bicyclic) bond motifs is 1. The summed E-state index contributed by atoms with van der Waals surface area (Å²) in [6.07, 6.45) is -0.0550. The van der Waals surface area contributed by atoms with Gasteiger partial charge >= 0.3 is 0 Å². The van der Waals surface area contributed by atoms with E-state index >= 15 is 0 Å². The average Bonchev–Trinajstić information content (AvgIpc) is 3.36. The van der Waals surface area contributed by atoms with Crippen LogP contribution in [0.15, 0.2) is 64.3 Å². The smallest absolute Gasteiger partial charge is 0.290 e. The van der Waals surface area contributed by atoms with Crippen LogP contribution >= 0.6 is 0 Å². The van der Waals surface area contributed by atoms with Crippen molar-refractivity contribution in [3.8, 4) is 11.5 Å². The lowest BCUT2D eigenvalue weighted by atomic mass is 9.95. The monoisotopic (exact) mass is 465 g/mol. The lowest BCUT2D eigenvalue weighted by Gasteiger charge is -2.26. The predicted octanol–water partition coefficient (Wildman–Crippen LogP) is 4.45. The van der Waals surface area contributed by atoms with E-state index in [0.717, 1.165) is 0 Å². The molecular formula is C26H27NO7. The number of benzene rings is 2. The van der Waals surface area contributed by atoms with E-state index in [9.17, 15) is 14.7 Å². The van der Waals surface area contributed by atoms with Crippen molar-refractivity contribution in [1.82, 2.24) is 4.90 Å². The van der Waals surface area contributed by atoms with Crippen molar-refractivity contribution in [2.45, 2.75) is 26.0 Å².